The largest absolute Gasteiger partial charge is 0.274 e. The van der Waals surface area contributed by atoms with Gasteiger partial charge in [-0.15, -0.1) is 0 Å². The minimum Gasteiger partial charge on any atom is -0.274 e. The summed E-state index contributed by atoms with van der Waals surface area (Å²) >= 11 is 6.78. The molecule has 32 heavy (non-hydrogen) atoms. The second-order valence-corrected chi connectivity index (χ2v) is 9.09. The number of fused-ring (bicyclic) bond motifs is 2. The Bertz CT molecular complexity index is 1170. The van der Waals surface area contributed by atoms with Crippen molar-refractivity contribution in [3.63, 3.8) is 0 Å². The van der Waals surface area contributed by atoms with Crippen LogP contribution in [0.1, 0.15) is 37.8 Å². The number of anilines is 2. The number of amides is 4. The van der Waals surface area contributed by atoms with Gasteiger partial charge in [0.15, 0.2) is 0 Å². The quantitative estimate of drug-likeness (QED) is 0.483. The molecule has 0 aromatic heterocycles. The molecule has 0 fully saturated rings. The molecule has 0 aliphatic carbocycles. The van der Waals surface area contributed by atoms with Gasteiger partial charge in [0.25, 0.3) is 11.8 Å². The lowest BCUT2D eigenvalue weighted by atomic mass is 10.0. The van der Waals surface area contributed by atoms with E-state index in [0.29, 0.717) is 33.6 Å². The van der Waals surface area contributed by atoms with E-state index in [0.717, 1.165) is 8.95 Å². The van der Waals surface area contributed by atoms with Crippen molar-refractivity contribution in [2.75, 3.05) is 9.80 Å². The third kappa shape index (κ3) is 3.57. The molecule has 0 saturated heterocycles. The summed E-state index contributed by atoms with van der Waals surface area (Å²) < 4.78 is 1.49. The molecular weight excluding hydrogens is 540 g/mol. The molecule has 0 radical (unpaired) electrons. The van der Waals surface area contributed by atoms with Crippen molar-refractivity contribution < 1.29 is 19.2 Å². The number of hydrogen-bond acceptors (Lipinski definition) is 4. The van der Waals surface area contributed by atoms with Crippen LogP contribution in [0, 0.1) is 0 Å². The first-order valence-electron chi connectivity index (χ1n) is 10.0. The van der Waals surface area contributed by atoms with E-state index in [1.807, 2.05) is 0 Å². The smallest absolute Gasteiger partial charge is 0.265 e. The summed E-state index contributed by atoms with van der Waals surface area (Å²) in [5, 5.41) is 0. The molecule has 2 aliphatic heterocycles. The first-order valence-corrected chi connectivity index (χ1v) is 11.6. The predicted molar refractivity (Wildman–Crippen MR) is 130 cm³/mol. The van der Waals surface area contributed by atoms with Crippen LogP contribution in [0.2, 0.25) is 0 Å². The highest BCUT2D eigenvalue weighted by Crippen LogP contribution is 2.41. The molecule has 4 rings (SSSR count). The van der Waals surface area contributed by atoms with Crippen molar-refractivity contribution in [3.8, 4) is 0 Å². The van der Waals surface area contributed by atoms with Gasteiger partial charge in [0.2, 0.25) is 11.8 Å². The average Bonchev–Trinajstić information content (AvgIpc) is 3.20. The second-order valence-electron chi connectivity index (χ2n) is 7.26. The zero-order valence-electron chi connectivity index (χ0n) is 17.3. The van der Waals surface area contributed by atoms with Crippen LogP contribution in [0.3, 0.4) is 0 Å². The van der Waals surface area contributed by atoms with Gasteiger partial charge in [0.1, 0.15) is 0 Å². The Morgan fingerprint density at radius 1 is 0.750 bits per heavy atom. The summed E-state index contributed by atoms with van der Waals surface area (Å²) in [6.07, 6.45) is 3.47. The first kappa shape index (κ1) is 22.4. The van der Waals surface area contributed by atoms with Gasteiger partial charge in [-0.3, -0.25) is 19.2 Å². The SMILES string of the molecule is CCC(=O)N1C(=O)/C(=C\C=C2\C(=O)N(C(=O)CC)c3cc(Br)ccc32)c2ccc(Br)cc21. The molecule has 8 heteroatoms. The van der Waals surface area contributed by atoms with Crippen LogP contribution in [0.25, 0.3) is 11.1 Å². The Balaban J connectivity index is 1.84. The van der Waals surface area contributed by atoms with Gasteiger partial charge >= 0.3 is 0 Å². The summed E-state index contributed by atoms with van der Waals surface area (Å²) in [7, 11) is 0. The Labute approximate surface area is 201 Å². The minimum absolute atomic E-state index is 0.181. The lowest BCUT2D eigenvalue weighted by molar-refractivity contribution is -0.125. The summed E-state index contributed by atoms with van der Waals surface area (Å²) in [6.45, 7) is 3.39. The second kappa shape index (κ2) is 8.60. The van der Waals surface area contributed by atoms with E-state index in [9.17, 15) is 19.2 Å². The van der Waals surface area contributed by atoms with Crippen LogP contribution < -0.4 is 9.80 Å². The fraction of sp³-hybridized carbons (Fsp3) is 0.167. The van der Waals surface area contributed by atoms with Crippen LogP contribution in [0.5, 0.6) is 0 Å². The van der Waals surface area contributed by atoms with E-state index in [-0.39, 0.29) is 24.7 Å². The fourth-order valence-corrected chi connectivity index (χ4v) is 4.52. The lowest BCUT2D eigenvalue weighted by Crippen LogP contribution is -2.33. The van der Waals surface area contributed by atoms with E-state index >= 15 is 0 Å². The van der Waals surface area contributed by atoms with Crippen LogP contribution in [-0.4, -0.2) is 23.6 Å². The van der Waals surface area contributed by atoms with Gasteiger partial charge in [-0.25, -0.2) is 9.80 Å². The maximum Gasteiger partial charge on any atom is 0.265 e. The van der Waals surface area contributed by atoms with Gasteiger partial charge < -0.3 is 0 Å². The van der Waals surface area contributed by atoms with E-state index in [2.05, 4.69) is 31.9 Å². The Morgan fingerprint density at radius 2 is 1.12 bits per heavy atom. The summed E-state index contributed by atoms with van der Waals surface area (Å²) in [5.74, 6) is -1.50. The monoisotopic (exact) mass is 556 g/mol. The number of benzene rings is 2. The zero-order valence-corrected chi connectivity index (χ0v) is 20.5. The third-order valence-corrected chi connectivity index (χ3v) is 6.36. The van der Waals surface area contributed by atoms with Gasteiger partial charge in [-0.1, -0.05) is 57.8 Å². The minimum atomic E-state index is -0.440. The molecule has 0 N–H and O–H groups in total. The Kier molecular flexibility index (Phi) is 6.01. The van der Waals surface area contributed by atoms with E-state index in [4.69, 9.17) is 0 Å². The molecule has 0 saturated carbocycles. The summed E-state index contributed by atoms with van der Waals surface area (Å²) in [4.78, 5) is 53.4. The van der Waals surface area contributed by atoms with Crippen LogP contribution in [0.4, 0.5) is 11.4 Å². The fourth-order valence-electron chi connectivity index (χ4n) is 3.83. The number of nitrogens with zero attached hydrogens (tertiary/aromatic N) is 2. The molecule has 6 nitrogen and oxygen atoms in total. The Hall–Kier alpha value is -2.84. The van der Waals surface area contributed by atoms with Crippen molar-refractivity contribution in [3.05, 3.63) is 68.6 Å². The molecule has 2 heterocycles. The number of rotatable bonds is 3. The summed E-state index contributed by atoms with van der Waals surface area (Å²) in [6, 6.07) is 10.6. The molecule has 2 aliphatic rings. The van der Waals surface area contributed by atoms with Crippen molar-refractivity contribution in [1.29, 1.82) is 0 Å². The van der Waals surface area contributed by atoms with Crippen molar-refractivity contribution in [2.45, 2.75) is 26.7 Å². The summed E-state index contributed by atoms with van der Waals surface area (Å²) in [5.41, 5.74) is 2.86. The predicted octanol–water partition coefficient (Wildman–Crippen LogP) is 5.25. The molecule has 0 spiro atoms. The van der Waals surface area contributed by atoms with Crippen molar-refractivity contribution in [2.24, 2.45) is 0 Å². The highest BCUT2D eigenvalue weighted by molar-refractivity contribution is 9.10. The first-order chi connectivity index (χ1) is 15.3. The van der Waals surface area contributed by atoms with Crippen LogP contribution >= 0.6 is 31.9 Å². The molecule has 0 atom stereocenters. The van der Waals surface area contributed by atoms with Crippen LogP contribution in [-0.2, 0) is 19.2 Å². The number of imide groups is 2. The molecule has 0 bridgehead atoms. The van der Waals surface area contributed by atoms with Crippen molar-refractivity contribution >= 4 is 78.0 Å². The van der Waals surface area contributed by atoms with E-state index < -0.39 is 11.8 Å². The Morgan fingerprint density at radius 3 is 1.47 bits per heavy atom. The molecular formula is C24H18Br2N2O4. The van der Waals surface area contributed by atoms with Gasteiger partial charge in [-0.2, -0.15) is 0 Å². The zero-order chi connectivity index (χ0) is 23.2. The average molecular weight is 558 g/mol. The molecule has 162 valence electrons. The maximum absolute atomic E-state index is 13.1. The standard InChI is InChI=1S/C24H18Br2N2O4/c1-3-21(29)27-19-11-13(25)5-7-15(19)17(23(27)31)9-10-18-16-8-6-14(26)12-20(16)28(24(18)32)22(30)4-2/h5-12H,3-4H2,1-2H3/b17-9-,18-10+. The normalized spacial score (nSPS) is 17.4. The number of hydrogen-bond donors (Lipinski definition) is 0. The van der Waals surface area contributed by atoms with Crippen LogP contribution in [0.15, 0.2) is 57.5 Å². The highest BCUT2D eigenvalue weighted by atomic mass is 79.9. The number of halogens is 2. The number of allylic oxidation sites excluding steroid dienone is 2. The van der Waals surface area contributed by atoms with Crippen molar-refractivity contribution in [1.82, 2.24) is 0 Å². The van der Waals surface area contributed by atoms with E-state index in [1.165, 1.54) is 9.80 Å². The number of carbonyl (C=O) groups is 4. The molecule has 4 amide bonds. The molecule has 2 aromatic rings. The third-order valence-electron chi connectivity index (χ3n) is 5.37. The highest BCUT2D eigenvalue weighted by Gasteiger charge is 2.38. The van der Waals surface area contributed by atoms with Gasteiger partial charge in [0.05, 0.1) is 11.4 Å². The number of carbonyl (C=O) groups excluding carboxylic acids is 4. The molecule has 2 aromatic carbocycles. The topological polar surface area (TPSA) is 74.8 Å². The van der Waals surface area contributed by atoms with Gasteiger partial charge in [-0.05, 0) is 36.4 Å². The lowest BCUT2D eigenvalue weighted by Gasteiger charge is -2.14. The maximum atomic E-state index is 13.1. The molecule has 0 unspecified atom stereocenters. The van der Waals surface area contributed by atoms with Gasteiger partial charge in [0, 0.05) is 44.1 Å². The van der Waals surface area contributed by atoms with E-state index in [1.54, 1.807) is 62.4 Å².